The van der Waals surface area contributed by atoms with Gasteiger partial charge in [0, 0.05) is 22.9 Å². The maximum atomic E-state index is 5.82. The molecule has 0 bridgehead atoms. The van der Waals surface area contributed by atoms with Gasteiger partial charge in [0.05, 0.1) is 0 Å². The van der Waals surface area contributed by atoms with Gasteiger partial charge in [-0.2, -0.15) is 11.8 Å². The summed E-state index contributed by atoms with van der Waals surface area (Å²) >= 11 is 1.91. The van der Waals surface area contributed by atoms with Gasteiger partial charge in [0.2, 0.25) is 0 Å². The highest BCUT2D eigenvalue weighted by molar-refractivity contribution is 7.97. The molecule has 0 saturated heterocycles. The van der Waals surface area contributed by atoms with E-state index in [0.717, 1.165) is 34.0 Å². The Bertz CT molecular complexity index is 527. The van der Waals surface area contributed by atoms with Crippen molar-refractivity contribution < 1.29 is 0 Å². The lowest BCUT2D eigenvalue weighted by atomic mass is 10.1. The normalized spacial score (nSPS) is 10.6. The maximum absolute atomic E-state index is 5.82. The third kappa shape index (κ3) is 3.67. The van der Waals surface area contributed by atoms with Gasteiger partial charge in [-0.25, -0.2) is 0 Å². The van der Waals surface area contributed by atoms with E-state index in [1.807, 2.05) is 37.7 Å². The first kappa shape index (κ1) is 13.8. The lowest BCUT2D eigenvalue weighted by molar-refractivity contribution is 1.32. The molecule has 0 aliphatic heterocycles. The summed E-state index contributed by atoms with van der Waals surface area (Å²) in [7, 11) is 0. The second kappa shape index (κ2) is 6.02. The van der Waals surface area contributed by atoms with Crippen molar-refractivity contribution in [2.24, 2.45) is 0 Å². The molecule has 2 aromatic rings. The van der Waals surface area contributed by atoms with Crippen LogP contribution in [0, 0.1) is 13.8 Å². The molecule has 0 saturated carbocycles. The Kier molecular flexibility index (Phi) is 4.38. The molecule has 0 amide bonds. The van der Waals surface area contributed by atoms with Crippen LogP contribution in [0.3, 0.4) is 0 Å². The van der Waals surface area contributed by atoms with Gasteiger partial charge in [-0.3, -0.25) is 0 Å². The summed E-state index contributed by atoms with van der Waals surface area (Å²) in [6.07, 6.45) is 0. The molecule has 2 nitrogen and oxygen atoms in total. The van der Waals surface area contributed by atoms with E-state index < -0.39 is 0 Å². The van der Waals surface area contributed by atoms with E-state index in [0.29, 0.717) is 0 Å². The average Bonchev–Trinajstić information content (AvgIpc) is 2.38. The van der Waals surface area contributed by atoms with Crippen LogP contribution in [-0.2, 0) is 11.5 Å². The van der Waals surface area contributed by atoms with Gasteiger partial charge in [0.25, 0.3) is 0 Å². The molecule has 0 aliphatic rings. The van der Waals surface area contributed by atoms with E-state index in [2.05, 4.69) is 24.3 Å². The Morgan fingerprint density at radius 1 is 0.789 bits per heavy atom. The van der Waals surface area contributed by atoms with E-state index >= 15 is 0 Å². The summed E-state index contributed by atoms with van der Waals surface area (Å²) in [6.45, 7) is 4.10. The van der Waals surface area contributed by atoms with Crippen molar-refractivity contribution in [2.75, 3.05) is 11.5 Å². The van der Waals surface area contributed by atoms with Crippen LogP contribution in [0.1, 0.15) is 22.3 Å². The fourth-order valence-corrected chi connectivity index (χ4v) is 2.87. The quantitative estimate of drug-likeness (QED) is 0.830. The number of nitrogen functional groups attached to an aromatic ring is 2. The van der Waals surface area contributed by atoms with Crippen LogP contribution >= 0.6 is 11.8 Å². The van der Waals surface area contributed by atoms with Gasteiger partial charge >= 0.3 is 0 Å². The lowest BCUT2D eigenvalue weighted by Crippen LogP contribution is -1.92. The zero-order valence-corrected chi connectivity index (χ0v) is 12.3. The summed E-state index contributed by atoms with van der Waals surface area (Å²) in [6, 6.07) is 12.5. The van der Waals surface area contributed by atoms with Gasteiger partial charge in [0.1, 0.15) is 0 Å². The van der Waals surface area contributed by atoms with Crippen LogP contribution in [-0.4, -0.2) is 0 Å². The third-order valence-electron chi connectivity index (χ3n) is 3.21. The number of benzene rings is 2. The second-order valence-electron chi connectivity index (χ2n) is 4.87. The molecule has 0 radical (unpaired) electrons. The van der Waals surface area contributed by atoms with Crippen molar-refractivity contribution in [3.05, 3.63) is 58.7 Å². The first-order valence-corrected chi connectivity index (χ1v) is 7.49. The Morgan fingerprint density at radius 3 is 1.58 bits per heavy atom. The van der Waals surface area contributed by atoms with Crippen LogP contribution in [0.15, 0.2) is 36.4 Å². The molecule has 0 aliphatic carbocycles. The Morgan fingerprint density at radius 2 is 1.21 bits per heavy atom. The first-order chi connectivity index (χ1) is 9.06. The summed E-state index contributed by atoms with van der Waals surface area (Å²) in [5, 5.41) is 0. The first-order valence-electron chi connectivity index (χ1n) is 6.34. The van der Waals surface area contributed by atoms with E-state index in [4.69, 9.17) is 11.5 Å². The molecule has 2 aromatic carbocycles. The molecule has 0 heterocycles. The number of hydrogen-bond donors (Lipinski definition) is 2. The number of nitrogens with two attached hydrogens (primary N) is 2. The zero-order valence-electron chi connectivity index (χ0n) is 11.4. The standard InChI is InChI=1S/C16H20N2S/c1-11-7-13(3-5-15(11)17)9-19-10-14-4-6-16(18)12(2)8-14/h3-8H,9-10,17-18H2,1-2H3. The van der Waals surface area contributed by atoms with Crippen LogP contribution < -0.4 is 11.5 Å². The van der Waals surface area contributed by atoms with Crippen molar-refractivity contribution in [3.8, 4) is 0 Å². The van der Waals surface area contributed by atoms with E-state index in [1.165, 1.54) is 11.1 Å². The predicted molar refractivity (Wildman–Crippen MR) is 86.2 cm³/mol. The molecule has 2 rings (SSSR count). The average molecular weight is 272 g/mol. The topological polar surface area (TPSA) is 52.0 Å². The summed E-state index contributed by atoms with van der Waals surface area (Å²) in [5.41, 5.74) is 18.3. The van der Waals surface area contributed by atoms with Crippen molar-refractivity contribution in [3.63, 3.8) is 0 Å². The van der Waals surface area contributed by atoms with E-state index in [9.17, 15) is 0 Å². The maximum Gasteiger partial charge on any atom is 0.0343 e. The van der Waals surface area contributed by atoms with Crippen molar-refractivity contribution in [2.45, 2.75) is 25.4 Å². The summed E-state index contributed by atoms with van der Waals surface area (Å²) < 4.78 is 0. The van der Waals surface area contributed by atoms with Crippen molar-refractivity contribution in [1.29, 1.82) is 0 Å². The Balaban J connectivity index is 1.92. The lowest BCUT2D eigenvalue weighted by Gasteiger charge is -2.07. The second-order valence-corrected chi connectivity index (χ2v) is 5.86. The van der Waals surface area contributed by atoms with E-state index in [1.54, 1.807) is 0 Å². The molecule has 0 atom stereocenters. The highest BCUT2D eigenvalue weighted by atomic mass is 32.2. The van der Waals surface area contributed by atoms with Crippen LogP contribution in [0.5, 0.6) is 0 Å². The molecule has 3 heteroatoms. The molecule has 19 heavy (non-hydrogen) atoms. The van der Waals surface area contributed by atoms with Gasteiger partial charge < -0.3 is 11.5 Å². The fraction of sp³-hybridized carbons (Fsp3) is 0.250. The van der Waals surface area contributed by atoms with Gasteiger partial charge in [-0.05, 0) is 48.2 Å². The SMILES string of the molecule is Cc1cc(CSCc2ccc(N)c(C)c2)ccc1N. The molecule has 4 N–H and O–H groups in total. The molecule has 100 valence electrons. The van der Waals surface area contributed by atoms with Crippen LogP contribution in [0.25, 0.3) is 0 Å². The number of aryl methyl sites for hydroxylation is 2. The fourth-order valence-electron chi connectivity index (χ4n) is 1.94. The molecule has 0 aromatic heterocycles. The minimum Gasteiger partial charge on any atom is -0.399 e. The van der Waals surface area contributed by atoms with Crippen LogP contribution in [0.2, 0.25) is 0 Å². The molecule has 0 unspecified atom stereocenters. The van der Waals surface area contributed by atoms with Crippen LogP contribution in [0.4, 0.5) is 11.4 Å². The monoisotopic (exact) mass is 272 g/mol. The highest BCUT2D eigenvalue weighted by Crippen LogP contribution is 2.22. The Labute approximate surface area is 119 Å². The zero-order chi connectivity index (χ0) is 13.8. The minimum absolute atomic E-state index is 0.864. The van der Waals surface area contributed by atoms with Crippen molar-refractivity contribution >= 4 is 23.1 Å². The van der Waals surface area contributed by atoms with Gasteiger partial charge in [-0.1, -0.05) is 24.3 Å². The molecule has 0 fully saturated rings. The summed E-state index contributed by atoms with van der Waals surface area (Å²) in [4.78, 5) is 0. The van der Waals surface area contributed by atoms with Gasteiger partial charge in [0.15, 0.2) is 0 Å². The minimum atomic E-state index is 0.864. The molecular weight excluding hydrogens is 252 g/mol. The number of hydrogen-bond acceptors (Lipinski definition) is 3. The number of anilines is 2. The largest absolute Gasteiger partial charge is 0.399 e. The number of rotatable bonds is 4. The highest BCUT2D eigenvalue weighted by Gasteiger charge is 2.00. The summed E-state index contributed by atoms with van der Waals surface area (Å²) in [5.74, 6) is 2.01. The molecule has 0 spiro atoms. The Hall–Kier alpha value is -1.61. The predicted octanol–water partition coefficient (Wildman–Crippen LogP) is 3.90. The van der Waals surface area contributed by atoms with Crippen molar-refractivity contribution in [1.82, 2.24) is 0 Å². The third-order valence-corrected chi connectivity index (χ3v) is 4.28. The smallest absolute Gasteiger partial charge is 0.0343 e. The molecular formula is C16H20N2S. The number of thioether (sulfide) groups is 1. The van der Waals surface area contributed by atoms with Gasteiger partial charge in [-0.15, -0.1) is 0 Å². The van der Waals surface area contributed by atoms with E-state index in [-0.39, 0.29) is 0 Å².